The molecule has 47 heavy (non-hydrogen) atoms. The Labute approximate surface area is 273 Å². The van der Waals surface area contributed by atoms with Crippen molar-refractivity contribution in [2.45, 2.75) is 95.8 Å². The molecule has 2 fully saturated rings. The van der Waals surface area contributed by atoms with Crippen LogP contribution >= 0.6 is 0 Å². The van der Waals surface area contributed by atoms with Gasteiger partial charge in [0.25, 0.3) is 0 Å². The van der Waals surface area contributed by atoms with Gasteiger partial charge in [-0.25, -0.2) is 18.8 Å². The van der Waals surface area contributed by atoms with Gasteiger partial charge in [-0.15, -0.1) is 0 Å². The Morgan fingerprint density at radius 3 is 2.70 bits per heavy atom. The molecule has 0 spiro atoms. The second-order valence-corrected chi connectivity index (χ2v) is 13.3. The molecule has 3 heterocycles. The number of nitrogens with one attached hydrogen (secondary N) is 2. The van der Waals surface area contributed by atoms with Crippen LogP contribution in [0.1, 0.15) is 64.5 Å². The second-order valence-electron chi connectivity index (χ2n) is 13.3. The molecule has 13 nitrogen and oxygen atoms in total. The molecule has 256 valence electrons. The molecule has 0 radical (unpaired) electrons. The van der Waals surface area contributed by atoms with Crippen LogP contribution < -0.4 is 10.6 Å². The second kappa shape index (κ2) is 13.9. The van der Waals surface area contributed by atoms with Gasteiger partial charge in [0.05, 0.1) is 26.3 Å². The minimum atomic E-state index is -1.31. The third kappa shape index (κ3) is 7.86. The molecule has 1 saturated carbocycles. The quantitative estimate of drug-likeness (QED) is 0.283. The van der Waals surface area contributed by atoms with Gasteiger partial charge < -0.3 is 34.5 Å². The third-order valence-corrected chi connectivity index (χ3v) is 8.65. The fourth-order valence-corrected chi connectivity index (χ4v) is 6.28. The maximum Gasteiger partial charge on any atom is 0.410 e. The number of carbonyl (C=O) groups excluding carboxylic acids is 5. The Morgan fingerprint density at radius 2 is 1.98 bits per heavy atom. The minimum Gasteiger partial charge on any atom is -0.464 e. The number of amides is 4. The van der Waals surface area contributed by atoms with Gasteiger partial charge in [-0.3, -0.25) is 14.5 Å². The molecule has 3 aliphatic heterocycles. The average Bonchev–Trinajstić information content (AvgIpc) is 3.31. The fourth-order valence-electron chi connectivity index (χ4n) is 6.28. The van der Waals surface area contributed by atoms with Gasteiger partial charge in [0, 0.05) is 31.1 Å². The molecule has 1 aromatic carbocycles. The van der Waals surface area contributed by atoms with Gasteiger partial charge >= 0.3 is 18.2 Å². The van der Waals surface area contributed by atoms with Crippen molar-refractivity contribution in [1.82, 2.24) is 20.4 Å². The highest BCUT2D eigenvalue weighted by atomic mass is 19.1. The monoisotopic (exact) mass is 658 g/mol. The van der Waals surface area contributed by atoms with Gasteiger partial charge in [0.1, 0.15) is 35.1 Å². The summed E-state index contributed by atoms with van der Waals surface area (Å²) in [5, 5.41) is 5.48. The van der Waals surface area contributed by atoms with E-state index in [1.807, 2.05) is 6.08 Å². The Balaban J connectivity index is 1.38. The highest BCUT2D eigenvalue weighted by molar-refractivity contribution is 5.96. The summed E-state index contributed by atoms with van der Waals surface area (Å²) >= 11 is 0. The molecule has 5 rings (SSSR count). The molecule has 4 aliphatic rings. The van der Waals surface area contributed by atoms with Crippen LogP contribution in [0.25, 0.3) is 0 Å². The molecule has 1 saturated heterocycles. The van der Waals surface area contributed by atoms with Gasteiger partial charge in [-0.05, 0) is 58.6 Å². The van der Waals surface area contributed by atoms with Crippen molar-refractivity contribution in [3.63, 3.8) is 0 Å². The van der Waals surface area contributed by atoms with E-state index < -0.39 is 65.1 Å². The molecule has 5 atom stereocenters. The zero-order chi connectivity index (χ0) is 33.9. The highest BCUT2D eigenvalue weighted by Crippen LogP contribution is 2.46. The van der Waals surface area contributed by atoms with Crippen LogP contribution in [0.4, 0.5) is 14.0 Å². The number of fused-ring (bicyclic) bond motifs is 3. The van der Waals surface area contributed by atoms with E-state index in [1.54, 1.807) is 45.9 Å². The molecular formula is C33H43FN4O9. The lowest BCUT2D eigenvalue weighted by atomic mass is 10.1. The number of rotatable bonds is 4. The van der Waals surface area contributed by atoms with E-state index in [9.17, 15) is 28.4 Å². The summed E-state index contributed by atoms with van der Waals surface area (Å²) in [6.45, 7) is 7.48. The maximum atomic E-state index is 14.3. The molecule has 1 aliphatic carbocycles. The Kier molecular flexibility index (Phi) is 10.1. The van der Waals surface area contributed by atoms with E-state index in [0.717, 1.165) is 0 Å². The number of nitrogens with zero attached hydrogens (tertiary/aromatic N) is 2. The smallest absolute Gasteiger partial charge is 0.410 e. The molecule has 0 unspecified atom stereocenters. The number of hydrogen-bond acceptors (Lipinski definition) is 9. The molecule has 14 heteroatoms. The summed E-state index contributed by atoms with van der Waals surface area (Å²) in [6.07, 6.45) is 2.02. The number of esters is 1. The fraction of sp³-hybridized carbons (Fsp3) is 0.606. The minimum absolute atomic E-state index is 0.0288. The summed E-state index contributed by atoms with van der Waals surface area (Å²) in [4.78, 5) is 69.8. The van der Waals surface area contributed by atoms with Crippen LogP contribution in [0, 0.1) is 11.7 Å². The van der Waals surface area contributed by atoms with Crippen LogP contribution in [0.5, 0.6) is 0 Å². The molecule has 0 bridgehead atoms. The van der Waals surface area contributed by atoms with Crippen molar-refractivity contribution < 1.29 is 47.3 Å². The predicted octanol–water partition coefficient (Wildman–Crippen LogP) is 2.95. The Morgan fingerprint density at radius 1 is 1.19 bits per heavy atom. The number of ether oxygens (including phenoxy) is 4. The van der Waals surface area contributed by atoms with Gasteiger partial charge in [-0.1, -0.05) is 24.3 Å². The Hall–Kier alpha value is -4.20. The first-order valence-corrected chi connectivity index (χ1v) is 16.1. The predicted molar refractivity (Wildman–Crippen MR) is 164 cm³/mol. The van der Waals surface area contributed by atoms with Gasteiger partial charge in [-0.2, -0.15) is 0 Å². The summed E-state index contributed by atoms with van der Waals surface area (Å²) in [6, 6.07) is 2.44. The normalized spacial score (nSPS) is 28.4. The van der Waals surface area contributed by atoms with Crippen molar-refractivity contribution in [3.8, 4) is 0 Å². The van der Waals surface area contributed by atoms with Crippen molar-refractivity contribution >= 4 is 30.0 Å². The number of carbonyl (C=O) groups is 5. The zero-order valence-electron chi connectivity index (χ0n) is 27.2. The van der Waals surface area contributed by atoms with E-state index in [4.69, 9.17) is 18.9 Å². The first-order chi connectivity index (χ1) is 22.3. The average molecular weight is 659 g/mol. The zero-order valence-corrected chi connectivity index (χ0v) is 27.2. The molecule has 0 aromatic heterocycles. The van der Waals surface area contributed by atoms with Crippen molar-refractivity contribution in [1.29, 1.82) is 0 Å². The number of halogens is 1. The van der Waals surface area contributed by atoms with E-state index >= 15 is 0 Å². The van der Waals surface area contributed by atoms with Crippen LogP contribution in [-0.4, -0.2) is 95.5 Å². The lowest BCUT2D eigenvalue weighted by Crippen LogP contribution is -2.56. The highest BCUT2D eigenvalue weighted by Gasteiger charge is 2.62. The van der Waals surface area contributed by atoms with Gasteiger partial charge in [0.15, 0.2) is 0 Å². The largest absolute Gasteiger partial charge is 0.464 e. The van der Waals surface area contributed by atoms with E-state index in [0.29, 0.717) is 24.0 Å². The number of hydrogen-bond donors (Lipinski definition) is 2. The topological polar surface area (TPSA) is 153 Å². The summed E-state index contributed by atoms with van der Waals surface area (Å²) in [5.41, 5.74) is -1.05. The SMILES string of the molecule is CCOC(=O)[C@@]12C[C@@H]1/C=C\COCCC[C@H](NC(=O)OC(C)(C)C)C(=O)N1C[C@H](OC(=O)N3Cc4cccc(F)c4C3)C[C@H]1C(=O)N2. The van der Waals surface area contributed by atoms with Gasteiger partial charge in [0.2, 0.25) is 11.8 Å². The van der Waals surface area contributed by atoms with E-state index in [1.165, 1.54) is 15.9 Å². The molecular weight excluding hydrogens is 615 g/mol. The lowest BCUT2D eigenvalue weighted by Gasteiger charge is -2.30. The summed E-state index contributed by atoms with van der Waals surface area (Å²) < 4.78 is 36.5. The van der Waals surface area contributed by atoms with Crippen molar-refractivity contribution in [3.05, 3.63) is 47.3 Å². The maximum absolute atomic E-state index is 14.3. The van der Waals surface area contributed by atoms with E-state index in [2.05, 4.69) is 10.6 Å². The number of benzene rings is 1. The van der Waals surface area contributed by atoms with Crippen molar-refractivity contribution in [2.24, 2.45) is 5.92 Å². The first-order valence-electron chi connectivity index (χ1n) is 16.1. The standard InChI is InChI=1S/C33H43FN4O9/c1-5-45-29(41)33-16-21(33)10-7-13-44-14-8-12-25(35-30(42)47-32(2,3)4)28(40)38-18-22(15-26(38)27(39)36-33)46-31(43)37-17-20-9-6-11-24(34)23(20)19-37/h6-7,9-11,21-22,25-26H,5,8,12-19H2,1-4H3,(H,35,42)(H,36,39)/b10-7-/t21-,22+,25-,26-,33+/m0/s1. The molecule has 2 N–H and O–H groups in total. The first kappa shape index (κ1) is 34.1. The van der Waals surface area contributed by atoms with Crippen LogP contribution in [0.3, 0.4) is 0 Å². The van der Waals surface area contributed by atoms with Crippen LogP contribution in [0.2, 0.25) is 0 Å². The third-order valence-electron chi connectivity index (χ3n) is 8.65. The molecule has 1 aromatic rings. The lowest BCUT2D eigenvalue weighted by molar-refractivity contribution is -0.150. The summed E-state index contributed by atoms with van der Waals surface area (Å²) in [5.74, 6) is -2.52. The number of alkyl carbamates (subject to hydrolysis) is 1. The van der Waals surface area contributed by atoms with E-state index in [-0.39, 0.29) is 58.2 Å². The van der Waals surface area contributed by atoms with Crippen LogP contribution in [-0.2, 0) is 46.4 Å². The van der Waals surface area contributed by atoms with Crippen LogP contribution in [0.15, 0.2) is 30.4 Å². The summed E-state index contributed by atoms with van der Waals surface area (Å²) in [7, 11) is 0. The Bertz CT molecular complexity index is 1430. The molecule has 4 amide bonds. The van der Waals surface area contributed by atoms with Crippen molar-refractivity contribution in [2.75, 3.05) is 26.4 Å².